The molecule has 1 unspecified atom stereocenters. The molecule has 1 atom stereocenters. The molecule has 0 aromatic heterocycles. The highest BCUT2D eigenvalue weighted by Gasteiger charge is 2.47. The van der Waals surface area contributed by atoms with Crippen LogP contribution in [0.25, 0.3) is 0 Å². The molecule has 2 N–H and O–H groups in total. The Morgan fingerprint density at radius 2 is 1.92 bits per heavy atom. The van der Waals surface area contributed by atoms with Gasteiger partial charge in [0.2, 0.25) is 0 Å². The first-order chi connectivity index (χ1) is 5.40. The van der Waals surface area contributed by atoms with Gasteiger partial charge < -0.3 is 10.4 Å². The summed E-state index contributed by atoms with van der Waals surface area (Å²) in [6, 6.07) is 0. The molecule has 0 bridgehead atoms. The second-order valence-corrected chi connectivity index (χ2v) is 4.89. The van der Waals surface area contributed by atoms with Gasteiger partial charge in [-0.25, -0.2) is 0 Å². The van der Waals surface area contributed by atoms with Crippen LogP contribution < -0.4 is 5.32 Å². The molecule has 72 valence electrons. The largest absolute Gasteiger partial charge is 0.389 e. The highest BCUT2D eigenvalue weighted by atomic mass is 16.3. The van der Waals surface area contributed by atoms with Crippen molar-refractivity contribution in [3.8, 4) is 0 Å². The number of hydrogen-bond donors (Lipinski definition) is 2. The summed E-state index contributed by atoms with van der Waals surface area (Å²) < 4.78 is 0. The van der Waals surface area contributed by atoms with E-state index >= 15 is 0 Å². The Labute approximate surface area is 75.4 Å². The smallest absolute Gasteiger partial charge is 0.0745 e. The maximum Gasteiger partial charge on any atom is 0.0745 e. The molecular formula is C10H21NO. The average Bonchev–Trinajstić information content (AvgIpc) is 1.95. The summed E-state index contributed by atoms with van der Waals surface area (Å²) in [5.74, 6) is 0.342. The molecule has 1 heterocycles. The topological polar surface area (TPSA) is 32.3 Å². The Hall–Kier alpha value is -0.0800. The predicted octanol–water partition coefficient (Wildman–Crippen LogP) is 1.39. The van der Waals surface area contributed by atoms with Gasteiger partial charge >= 0.3 is 0 Å². The Bertz CT molecular complexity index is 165. The van der Waals surface area contributed by atoms with Gasteiger partial charge in [0.05, 0.1) is 5.60 Å². The molecule has 0 aromatic rings. The second-order valence-electron chi connectivity index (χ2n) is 4.89. The van der Waals surface area contributed by atoms with Crippen molar-refractivity contribution in [1.82, 2.24) is 5.32 Å². The van der Waals surface area contributed by atoms with Gasteiger partial charge in [-0.3, -0.25) is 0 Å². The molecule has 2 nitrogen and oxygen atoms in total. The first-order valence-corrected chi connectivity index (χ1v) is 4.83. The fraction of sp³-hybridized carbons (Fsp3) is 1.00. The fourth-order valence-corrected chi connectivity index (χ4v) is 2.24. The lowest BCUT2D eigenvalue weighted by atomic mass is 9.65. The minimum atomic E-state index is -0.488. The Balaban J connectivity index is 2.84. The molecule has 0 saturated carbocycles. The van der Waals surface area contributed by atoms with E-state index in [9.17, 15) is 5.11 Å². The summed E-state index contributed by atoms with van der Waals surface area (Å²) >= 11 is 0. The summed E-state index contributed by atoms with van der Waals surface area (Å²) in [4.78, 5) is 0. The third-order valence-corrected chi connectivity index (χ3v) is 3.38. The zero-order valence-electron chi connectivity index (χ0n) is 8.65. The van der Waals surface area contributed by atoms with Gasteiger partial charge in [-0.15, -0.1) is 0 Å². The quantitative estimate of drug-likeness (QED) is 0.625. The van der Waals surface area contributed by atoms with Crippen molar-refractivity contribution in [3.05, 3.63) is 0 Å². The Kier molecular flexibility index (Phi) is 2.50. The SMILES string of the molecule is CC(C)C1(O)CCNCC1(C)C. The molecule has 0 aromatic carbocycles. The summed E-state index contributed by atoms with van der Waals surface area (Å²) in [6.45, 7) is 10.3. The van der Waals surface area contributed by atoms with Crippen molar-refractivity contribution in [2.24, 2.45) is 11.3 Å². The fourth-order valence-electron chi connectivity index (χ4n) is 2.24. The van der Waals surface area contributed by atoms with Crippen molar-refractivity contribution in [1.29, 1.82) is 0 Å². The maximum absolute atomic E-state index is 10.4. The van der Waals surface area contributed by atoms with Crippen LogP contribution in [0, 0.1) is 11.3 Å². The van der Waals surface area contributed by atoms with Gasteiger partial charge in [0.15, 0.2) is 0 Å². The minimum Gasteiger partial charge on any atom is -0.389 e. The molecule has 0 spiro atoms. The van der Waals surface area contributed by atoms with Crippen LogP contribution in [0.2, 0.25) is 0 Å². The van der Waals surface area contributed by atoms with E-state index in [-0.39, 0.29) is 5.41 Å². The lowest BCUT2D eigenvalue weighted by molar-refractivity contribution is -0.120. The van der Waals surface area contributed by atoms with Gasteiger partial charge in [-0.2, -0.15) is 0 Å². The van der Waals surface area contributed by atoms with Crippen LogP contribution in [-0.2, 0) is 0 Å². The molecule has 0 radical (unpaired) electrons. The van der Waals surface area contributed by atoms with Crippen molar-refractivity contribution in [2.75, 3.05) is 13.1 Å². The number of rotatable bonds is 1. The lowest BCUT2D eigenvalue weighted by Crippen LogP contribution is -2.58. The standard InChI is InChI=1S/C10H21NO/c1-8(2)10(12)5-6-11-7-9(10,3)4/h8,11-12H,5-7H2,1-4H3. The van der Waals surface area contributed by atoms with Crippen LogP contribution in [-0.4, -0.2) is 23.8 Å². The highest BCUT2D eigenvalue weighted by Crippen LogP contribution is 2.40. The van der Waals surface area contributed by atoms with Crippen LogP contribution in [0.3, 0.4) is 0 Å². The summed E-state index contributed by atoms with van der Waals surface area (Å²) in [6.07, 6.45) is 0.873. The first-order valence-electron chi connectivity index (χ1n) is 4.83. The third-order valence-electron chi connectivity index (χ3n) is 3.38. The minimum absolute atomic E-state index is 0.000579. The highest BCUT2D eigenvalue weighted by molar-refractivity contribution is 4.99. The molecule has 0 amide bonds. The van der Waals surface area contributed by atoms with Gasteiger partial charge in [0, 0.05) is 12.0 Å². The molecule has 1 fully saturated rings. The Morgan fingerprint density at radius 1 is 1.33 bits per heavy atom. The second kappa shape index (κ2) is 3.00. The summed E-state index contributed by atoms with van der Waals surface area (Å²) in [7, 11) is 0. The number of aliphatic hydroxyl groups is 1. The van der Waals surface area contributed by atoms with Crippen LogP contribution in [0.5, 0.6) is 0 Å². The van der Waals surface area contributed by atoms with Crippen LogP contribution >= 0.6 is 0 Å². The molecule has 1 saturated heterocycles. The molecule has 0 aliphatic carbocycles. The molecule has 1 aliphatic heterocycles. The zero-order chi connectivity index (χ0) is 9.41. The molecule has 2 heteroatoms. The van der Waals surface area contributed by atoms with E-state index in [0.29, 0.717) is 5.92 Å². The van der Waals surface area contributed by atoms with E-state index in [2.05, 4.69) is 33.0 Å². The lowest BCUT2D eigenvalue weighted by Gasteiger charge is -2.49. The van der Waals surface area contributed by atoms with Gasteiger partial charge in [0.1, 0.15) is 0 Å². The van der Waals surface area contributed by atoms with Gasteiger partial charge in [-0.05, 0) is 18.9 Å². The Morgan fingerprint density at radius 3 is 2.25 bits per heavy atom. The van der Waals surface area contributed by atoms with E-state index < -0.39 is 5.60 Å². The van der Waals surface area contributed by atoms with E-state index in [1.54, 1.807) is 0 Å². The van der Waals surface area contributed by atoms with Crippen molar-refractivity contribution >= 4 is 0 Å². The van der Waals surface area contributed by atoms with Crippen LogP contribution in [0.1, 0.15) is 34.1 Å². The van der Waals surface area contributed by atoms with E-state index in [1.807, 2.05) is 0 Å². The van der Waals surface area contributed by atoms with Crippen LogP contribution in [0.15, 0.2) is 0 Å². The molecule has 1 aliphatic rings. The van der Waals surface area contributed by atoms with E-state index in [1.165, 1.54) is 0 Å². The maximum atomic E-state index is 10.4. The van der Waals surface area contributed by atoms with Gasteiger partial charge in [-0.1, -0.05) is 27.7 Å². The normalized spacial score (nSPS) is 35.5. The average molecular weight is 171 g/mol. The van der Waals surface area contributed by atoms with Gasteiger partial charge in [0.25, 0.3) is 0 Å². The molecule has 12 heavy (non-hydrogen) atoms. The van der Waals surface area contributed by atoms with Crippen LogP contribution in [0.4, 0.5) is 0 Å². The monoisotopic (exact) mass is 171 g/mol. The summed E-state index contributed by atoms with van der Waals surface area (Å²) in [5, 5.41) is 13.8. The van der Waals surface area contributed by atoms with Crippen molar-refractivity contribution < 1.29 is 5.11 Å². The third kappa shape index (κ3) is 1.38. The number of piperidine rings is 1. The predicted molar refractivity (Wildman–Crippen MR) is 51.1 cm³/mol. The zero-order valence-corrected chi connectivity index (χ0v) is 8.65. The number of hydrogen-bond acceptors (Lipinski definition) is 2. The molecule has 1 rings (SSSR count). The van der Waals surface area contributed by atoms with Crippen molar-refractivity contribution in [3.63, 3.8) is 0 Å². The van der Waals surface area contributed by atoms with Crippen molar-refractivity contribution in [2.45, 2.75) is 39.7 Å². The van der Waals surface area contributed by atoms with E-state index in [0.717, 1.165) is 19.5 Å². The summed E-state index contributed by atoms with van der Waals surface area (Å²) in [5.41, 5.74) is -0.488. The number of nitrogens with one attached hydrogen (secondary N) is 1. The molecular weight excluding hydrogens is 150 g/mol. The first kappa shape index (κ1) is 10.0. The van der Waals surface area contributed by atoms with E-state index in [4.69, 9.17) is 0 Å².